The lowest BCUT2D eigenvalue weighted by Gasteiger charge is -2.19. The molecule has 0 aliphatic heterocycles. The molecule has 4 rings (SSSR count). The summed E-state index contributed by atoms with van der Waals surface area (Å²) in [4.78, 5) is 22.4. The molecule has 0 atom stereocenters. The lowest BCUT2D eigenvalue weighted by atomic mass is 10.2. The Morgan fingerprint density at radius 3 is 2.69 bits per heavy atom. The van der Waals surface area contributed by atoms with Crippen LogP contribution in [0.1, 0.15) is 24.0 Å². The van der Waals surface area contributed by atoms with E-state index in [1.54, 1.807) is 24.5 Å². The Hall–Kier alpha value is -2.48. The molecule has 0 spiro atoms. The summed E-state index contributed by atoms with van der Waals surface area (Å²) < 4.78 is 40.2. The van der Waals surface area contributed by atoms with E-state index in [-0.39, 0.29) is 29.0 Å². The van der Waals surface area contributed by atoms with Crippen molar-refractivity contribution in [2.75, 3.05) is 4.90 Å². The van der Waals surface area contributed by atoms with E-state index >= 15 is 0 Å². The predicted octanol–water partition coefficient (Wildman–Crippen LogP) is 4.65. The summed E-state index contributed by atoms with van der Waals surface area (Å²) in [5.41, 5.74) is -0.0886. The predicted molar refractivity (Wildman–Crippen MR) is 92.8 cm³/mol. The second kappa shape index (κ2) is 6.35. The third-order valence-electron chi connectivity index (χ3n) is 4.20. The van der Waals surface area contributed by atoms with Crippen LogP contribution >= 0.6 is 11.3 Å². The Morgan fingerprint density at radius 2 is 2.04 bits per heavy atom. The van der Waals surface area contributed by atoms with Crippen molar-refractivity contribution in [2.24, 2.45) is 5.92 Å². The largest absolute Gasteiger partial charge is 0.418 e. The van der Waals surface area contributed by atoms with Crippen molar-refractivity contribution in [3.8, 4) is 0 Å². The number of hydrogen-bond donors (Lipinski definition) is 0. The minimum Gasteiger partial charge on any atom is -0.283 e. The summed E-state index contributed by atoms with van der Waals surface area (Å²) in [6.07, 6.45) is 0.396. The summed E-state index contributed by atoms with van der Waals surface area (Å²) in [5.74, 6) is -0.165. The first-order valence-electron chi connectivity index (χ1n) is 8.10. The van der Waals surface area contributed by atoms with Crippen LogP contribution in [0, 0.1) is 5.92 Å². The molecule has 0 radical (unpaired) electrons. The molecule has 1 fully saturated rings. The molecule has 134 valence electrons. The zero-order valence-electron chi connectivity index (χ0n) is 13.5. The van der Waals surface area contributed by atoms with Crippen LogP contribution in [0.2, 0.25) is 0 Å². The second-order valence-corrected chi connectivity index (χ2v) is 7.22. The minimum atomic E-state index is -4.49. The smallest absolute Gasteiger partial charge is 0.283 e. The van der Waals surface area contributed by atoms with Crippen molar-refractivity contribution in [1.82, 2.24) is 9.97 Å². The van der Waals surface area contributed by atoms with Crippen molar-refractivity contribution in [3.05, 3.63) is 53.9 Å². The Labute approximate surface area is 151 Å². The maximum absolute atomic E-state index is 13.2. The Kier molecular flexibility index (Phi) is 4.14. The van der Waals surface area contributed by atoms with E-state index in [0.29, 0.717) is 4.70 Å². The molecule has 1 saturated carbocycles. The van der Waals surface area contributed by atoms with Gasteiger partial charge in [0.25, 0.3) is 0 Å². The average molecular weight is 377 g/mol. The molecule has 0 unspecified atom stereocenters. The molecular formula is C18H14F3N3OS. The van der Waals surface area contributed by atoms with Crippen LogP contribution in [0.4, 0.5) is 18.3 Å². The fourth-order valence-corrected chi connectivity index (χ4v) is 3.74. The fraction of sp³-hybridized carbons (Fsp3) is 0.278. The summed E-state index contributed by atoms with van der Waals surface area (Å²) in [7, 11) is 0. The first kappa shape index (κ1) is 17.0. The van der Waals surface area contributed by atoms with E-state index < -0.39 is 11.7 Å². The molecule has 3 aromatic rings. The van der Waals surface area contributed by atoms with E-state index in [2.05, 4.69) is 9.97 Å². The number of rotatable bonds is 4. The number of alkyl halides is 3. The molecule has 2 aromatic heterocycles. The third kappa shape index (κ3) is 3.29. The maximum atomic E-state index is 13.2. The number of hydrogen-bond acceptors (Lipinski definition) is 4. The summed E-state index contributed by atoms with van der Waals surface area (Å²) >= 11 is 1.10. The number of nitrogens with zero attached hydrogens (tertiary/aromatic N) is 3. The van der Waals surface area contributed by atoms with Crippen molar-refractivity contribution in [1.29, 1.82) is 0 Å². The number of benzene rings is 1. The average Bonchev–Trinajstić information content (AvgIpc) is 3.37. The number of para-hydroxylation sites is 1. The van der Waals surface area contributed by atoms with Crippen LogP contribution < -0.4 is 4.90 Å². The van der Waals surface area contributed by atoms with Gasteiger partial charge >= 0.3 is 6.18 Å². The molecule has 2 heterocycles. The van der Waals surface area contributed by atoms with Gasteiger partial charge in [-0.15, -0.1) is 0 Å². The van der Waals surface area contributed by atoms with Gasteiger partial charge < -0.3 is 0 Å². The highest BCUT2D eigenvalue weighted by atomic mass is 32.1. The van der Waals surface area contributed by atoms with Crippen molar-refractivity contribution in [2.45, 2.75) is 25.6 Å². The molecular weight excluding hydrogens is 363 g/mol. The molecule has 1 aromatic carbocycles. The van der Waals surface area contributed by atoms with Crippen molar-refractivity contribution >= 4 is 32.6 Å². The van der Waals surface area contributed by atoms with E-state index in [9.17, 15) is 18.0 Å². The Morgan fingerprint density at radius 1 is 1.23 bits per heavy atom. The number of aromatic nitrogens is 2. The quantitative estimate of drug-likeness (QED) is 0.665. The third-order valence-corrected chi connectivity index (χ3v) is 5.24. The molecule has 8 heteroatoms. The summed E-state index contributed by atoms with van der Waals surface area (Å²) in [6.45, 7) is 0.240. The first-order chi connectivity index (χ1) is 12.4. The van der Waals surface area contributed by atoms with E-state index in [0.717, 1.165) is 35.8 Å². The minimum absolute atomic E-state index is 0.0687. The number of halogens is 3. The molecule has 1 aliphatic rings. The van der Waals surface area contributed by atoms with Crippen LogP contribution in [-0.2, 0) is 17.5 Å². The monoisotopic (exact) mass is 377 g/mol. The van der Waals surface area contributed by atoms with Gasteiger partial charge in [0.1, 0.15) is 0 Å². The van der Waals surface area contributed by atoms with E-state index in [1.165, 1.54) is 11.0 Å². The van der Waals surface area contributed by atoms with Crippen LogP contribution in [-0.4, -0.2) is 15.9 Å². The standard InChI is InChI=1S/C18H14F3N3OS/c19-18(20,21)13-4-1-5-14-15(13)23-17(26-14)24(16(25)12-6-7-12)10-11-3-2-8-22-9-11/h1-5,8-9,12H,6-7,10H2. The topological polar surface area (TPSA) is 46.1 Å². The molecule has 1 amide bonds. The molecule has 0 bridgehead atoms. The fourth-order valence-electron chi connectivity index (χ4n) is 2.75. The highest BCUT2D eigenvalue weighted by Gasteiger charge is 2.37. The molecule has 1 aliphatic carbocycles. The summed E-state index contributed by atoms with van der Waals surface area (Å²) in [6, 6.07) is 7.56. The lowest BCUT2D eigenvalue weighted by Crippen LogP contribution is -2.31. The first-order valence-corrected chi connectivity index (χ1v) is 8.92. The van der Waals surface area contributed by atoms with Gasteiger partial charge in [0.2, 0.25) is 5.91 Å². The number of anilines is 1. The SMILES string of the molecule is O=C(C1CC1)N(Cc1cccnc1)c1nc2c(C(F)(F)F)cccc2s1. The number of carbonyl (C=O) groups excluding carboxylic acids is 1. The van der Waals surface area contributed by atoms with Gasteiger partial charge in [0, 0.05) is 18.3 Å². The van der Waals surface area contributed by atoms with Gasteiger partial charge in [-0.05, 0) is 36.6 Å². The van der Waals surface area contributed by atoms with Crippen LogP contribution in [0.3, 0.4) is 0 Å². The van der Waals surface area contributed by atoms with E-state index in [1.807, 2.05) is 6.07 Å². The Bertz CT molecular complexity index is 951. The van der Waals surface area contributed by atoms with Crippen LogP contribution in [0.5, 0.6) is 0 Å². The molecule has 0 saturated heterocycles. The number of thiazole rings is 1. The van der Waals surface area contributed by atoms with Gasteiger partial charge in [-0.1, -0.05) is 23.5 Å². The van der Waals surface area contributed by atoms with Crippen molar-refractivity contribution in [3.63, 3.8) is 0 Å². The van der Waals surface area contributed by atoms with Gasteiger partial charge in [-0.2, -0.15) is 13.2 Å². The van der Waals surface area contributed by atoms with E-state index in [4.69, 9.17) is 0 Å². The van der Waals surface area contributed by atoms with Crippen molar-refractivity contribution < 1.29 is 18.0 Å². The highest BCUT2D eigenvalue weighted by Crippen LogP contribution is 2.40. The summed E-state index contributed by atoms with van der Waals surface area (Å²) in [5, 5.41) is 0.289. The highest BCUT2D eigenvalue weighted by molar-refractivity contribution is 7.22. The van der Waals surface area contributed by atoms with Gasteiger partial charge in [0.15, 0.2) is 5.13 Å². The maximum Gasteiger partial charge on any atom is 0.418 e. The van der Waals surface area contributed by atoms with Gasteiger partial charge in [0.05, 0.1) is 22.3 Å². The van der Waals surface area contributed by atoms with Crippen LogP contribution in [0.25, 0.3) is 10.2 Å². The van der Waals surface area contributed by atoms with Gasteiger partial charge in [-0.3, -0.25) is 14.7 Å². The number of pyridine rings is 1. The number of carbonyl (C=O) groups is 1. The second-order valence-electron chi connectivity index (χ2n) is 6.21. The molecule has 4 nitrogen and oxygen atoms in total. The van der Waals surface area contributed by atoms with Gasteiger partial charge in [-0.25, -0.2) is 4.98 Å². The Balaban J connectivity index is 1.77. The normalized spacial score (nSPS) is 14.6. The number of fused-ring (bicyclic) bond motifs is 1. The molecule has 0 N–H and O–H groups in total. The molecule has 26 heavy (non-hydrogen) atoms. The lowest BCUT2D eigenvalue weighted by molar-refractivity contribution is -0.136. The zero-order valence-corrected chi connectivity index (χ0v) is 14.3. The zero-order chi connectivity index (χ0) is 18.3. The number of amides is 1. The van der Waals surface area contributed by atoms with Crippen LogP contribution in [0.15, 0.2) is 42.7 Å².